The zero-order chi connectivity index (χ0) is 13.7. The summed E-state index contributed by atoms with van der Waals surface area (Å²) in [5.74, 6) is -1.04. The summed E-state index contributed by atoms with van der Waals surface area (Å²) < 4.78 is 1.78. The molecule has 0 aliphatic heterocycles. The molecule has 1 heterocycles. The van der Waals surface area contributed by atoms with Crippen molar-refractivity contribution in [3.8, 4) is 0 Å². The highest BCUT2D eigenvalue weighted by atomic mass is 16.4. The molecular weight excluding hydrogens is 234 g/mol. The zero-order valence-corrected chi connectivity index (χ0v) is 11.0. The van der Waals surface area contributed by atoms with E-state index in [1.165, 1.54) is 0 Å². The van der Waals surface area contributed by atoms with E-state index in [0.717, 1.165) is 12.2 Å². The highest BCUT2D eigenvalue weighted by molar-refractivity contribution is 5.96. The van der Waals surface area contributed by atoms with E-state index in [0.29, 0.717) is 24.2 Å². The zero-order valence-electron chi connectivity index (χ0n) is 11.0. The van der Waals surface area contributed by atoms with E-state index in [9.17, 15) is 9.59 Å². The number of carboxylic acid groups (broad SMARTS) is 1. The molecule has 18 heavy (non-hydrogen) atoms. The number of carbonyl (C=O) groups excluding carboxylic acids is 1. The van der Waals surface area contributed by atoms with E-state index in [1.807, 2.05) is 13.8 Å². The first-order valence-electron chi connectivity index (χ1n) is 6.01. The van der Waals surface area contributed by atoms with Gasteiger partial charge in [0.2, 0.25) is 0 Å². The summed E-state index contributed by atoms with van der Waals surface area (Å²) >= 11 is 0. The van der Waals surface area contributed by atoms with Crippen LogP contribution in [0.1, 0.15) is 41.5 Å². The molecule has 0 aromatic carbocycles. The van der Waals surface area contributed by atoms with Crippen LogP contribution in [0.2, 0.25) is 0 Å². The maximum Gasteiger partial charge on any atom is 0.303 e. The van der Waals surface area contributed by atoms with Gasteiger partial charge in [-0.3, -0.25) is 14.3 Å². The molecule has 0 fully saturated rings. The average Bonchev–Trinajstić information content (AvgIpc) is 2.59. The van der Waals surface area contributed by atoms with Gasteiger partial charge in [0, 0.05) is 25.2 Å². The number of aliphatic carboxylic acids is 1. The van der Waals surface area contributed by atoms with Gasteiger partial charge in [-0.15, -0.1) is 0 Å². The monoisotopic (exact) mass is 253 g/mol. The second-order valence-corrected chi connectivity index (χ2v) is 4.11. The van der Waals surface area contributed by atoms with Crippen molar-refractivity contribution in [3.05, 3.63) is 17.0 Å². The molecule has 0 saturated heterocycles. The van der Waals surface area contributed by atoms with Gasteiger partial charge in [-0.25, -0.2) is 0 Å². The van der Waals surface area contributed by atoms with E-state index >= 15 is 0 Å². The fraction of sp³-hybridized carbons (Fsp3) is 0.583. The summed E-state index contributed by atoms with van der Waals surface area (Å²) in [5, 5.41) is 15.5. The van der Waals surface area contributed by atoms with Crippen LogP contribution in [0.5, 0.6) is 0 Å². The minimum atomic E-state index is -0.851. The van der Waals surface area contributed by atoms with Crippen molar-refractivity contribution in [1.82, 2.24) is 15.1 Å². The lowest BCUT2D eigenvalue weighted by atomic mass is 10.2. The topological polar surface area (TPSA) is 84.2 Å². The molecule has 1 aromatic rings. The molecule has 0 atom stereocenters. The van der Waals surface area contributed by atoms with Crippen LogP contribution in [0.4, 0.5) is 0 Å². The van der Waals surface area contributed by atoms with Gasteiger partial charge in [-0.05, 0) is 27.2 Å². The Bertz CT molecular complexity index is 452. The molecule has 0 unspecified atom stereocenters. The second-order valence-electron chi connectivity index (χ2n) is 4.11. The van der Waals surface area contributed by atoms with Crippen molar-refractivity contribution in [3.63, 3.8) is 0 Å². The molecule has 0 aliphatic carbocycles. The molecule has 0 bridgehead atoms. The third-order valence-corrected chi connectivity index (χ3v) is 2.76. The van der Waals surface area contributed by atoms with Crippen molar-refractivity contribution >= 4 is 11.9 Å². The van der Waals surface area contributed by atoms with Crippen molar-refractivity contribution in [1.29, 1.82) is 0 Å². The molecule has 6 heteroatoms. The Labute approximate surface area is 106 Å². The predicted octanol–water partition coefficient (Wildman–Crippen LogP) is 1.11. The van der Waals surface area contributed by atoms with Crippen LogP contribution in [-0.2, 0) is 11.3 Å². The molecule has 100 valence electrons. The lowest BCUT2D eigenvalue weighted by Gasteiger charge is -2.05. The summed E-state index contributed by atoms with van der Waals surface area (Å²) in [7, 11) is 0. The smallest absolute Gasteiger partial charge is 0.303 e. The Morgan fingerprint density at radius 3 is 2.56 bits per heavy atom. The summed E-state index contributed by atoms with van der Waals surface area (Å²) in [4.78, 5) is 22.3. The molecule has 0 spiro atoms. The molecule has 1 aromatic heterocycles. The molecule has 2 N–H and O–H groups in total. The van der Waals surface area contributed by atoms with Crippen LogP contribution in [0.15, 0.2) is 0 Å². The lowest BCUT2D eigenvalue weighted by Crippen LogP contribution is -2.26. The Kier molecular flexibility index (Phi) is 4.88. The van der Waals surface area contributed by atoms with E-state index in [-0.39, 0.29) is 12.3 Å². The van der Waals surface area contributed by atoms with Gasteiger partial charge in [0.15, 0.2) is 0 Å². The average molecular weight is 253 g/mol. The summed E-state index contributed by atoms with van der Waals surface area (Å²) in [6.07, 6.45) is 0.494. The van der Waals surface area contributed by atoms with Gasteiger partial charge in [0.25, 0.3) is 5.91 Å². The van der Waals surface area contributed by atoms with Crippen molar-refractivity contribution < 1.29 is 14.7 Å². The summed E-state index contributed by atoms with van der Waals surface area (Å²) in [6, 6.07) is 0. The Hall–Kier alpha value is -1.85. The van der Waals surface area contributed by atoms with Crippen molar-refractivity contribution in [2.75, 3.05) is 6.54 Å². The maximum atomic E-state index is 11.9. The Morgan fingerprint density at radius 2 is 2.06 bits per heavy atom. The SMILES string of the molecule is CCn1nc(C)c(C(=O)NCCCC(=O)O)c1C. The van der Waals surface area contributed by atoms with Crippen LogP contribution in [0.3, 0.4) is 0 Å². The number of aryl methyl sites for hydroxylation is 2. The first kappa shape index (κ1) is 14.2. The normalized spacial score (nSPS) is 10.4. The minimum Gasteiger partial charge on any atom is -0.481 e. The fourth-order valence-electron chi connectivity index (χ4n) is 1.86. The van der Waals surface area contributed by atoms with Gasteiger partial charge in [0.1, 0.15) is 0 Å². The van der Waals surface area contributed by atoms with Crippen molar-refractivity contribution in [2.45, 2.75) is 40.2 Å². The number of nitrogens with zero attached hydrogens (tertiary/aromatic N) is 2. The lowest BCUT2D eigenvalue weighted by molar-refractivity contribution is -0.137. The van der Waals surface area contributed by atoms with Crippen LogP contribution < -0.4 is 5.32 Å². The van der Waals surface area contributed by atoms with E-state index in [2.05, 4.69) is 10.4 Å². The highest BCUT2D eigenvalue weighted by Crippen LogP contribution is 2.12. The first-order chi connectivity index (χ1) is 8.47. The third-order valence-electron chi connectivity index (χ3n) is 2.76. The maximum absolute atomic E-state index is 11.9. The van der Waals surface area contributed by atoms with E-state index < -0.39 is 5.97 Å². The second kappa shape index (κ2) is 6.18. The van der Waals surface area contributed by atoms with Crippen LogP contribution >= 0.6 is 0 Å². The quantitative estimate of drug-likeness (QED) is 0.744. The van der Waals surface area contributed by atoms with Gasteiger partial charge >= 0.3 is 5.97 Å². The Balaban J connectivity index is 2.61. The third kappa shape index (κ3) is 3.32. The van der Waals surface area contributed by atoms with Crippen LogP contribution in [0.25, 0.3) is 0 Å². The summed E-state index contributed by atoms with van der Waals surface area (Å²) in [5.41, 5.74) is 2.13. The van der Waals surface area contributed by atoms with Crippen LogP contribution in [0, 0.1) is 13.8 Å². The number of hydrogen-bond acceptors (Lipinski definition) is 3. The van der Waals surface area contributed by atoms with E-state index in [4.69, 9.17) is 5.11 Å². The number of hydrogen-bond donors (Lipinski definition) is 2. The molecule has 0 saturated carbocycles. The predicted molar refractivity (Wildman–Crippen MR) is 66.6 cm³/mol. The number of carbonyl (C=O) groups is 2. The number of amides is 1. The molecule has 0 radical (unpaired) electrons. The number of nitrogens with one attached hydrogen (secondary N) is 1. The van der Waals surface area contributed by atoms with Gasteiger partial charge in [-0.1, -0.05) is 0 Å². The number of carboxylic acids is 1. The minimum absolute atomic E-state index is 0.0620. The fourth-order valence-corrected chi connectivity index (χ4v) is 1.86. The molecule has 6 nitrogen and oxygen atoms in total. The van der Waals surface area contributed by atoms with Gasteiger partial charge < -0.3 is 10.4 Å². The molecular formula is C12H19N3O3. The Morgan fingerprint density at radius 1 is 1.39 bits per heavy atom. The molecule has 1 amide bonds. The highest BCUT2D eigenvalue weighted by Gasteiger charge is 2.17. The van der Waals surface area contributed by atoms with Crippen molar-refractivity contribution in [2.24, 2.45) is 0 Å². The van der Waals surface area contributed by atoms with Gasteiger partial charge in [0.05, 0.1) is 11.3 Å². The summed E-state index contributed by atoms with van der Waals surface area (Å²) in [6.45, 7) is 6.70. The first-order valence-corrected chi connectivity index (χ1v) is 6.01. The molecule has 0 aliphatic rings. The molecule has 1 rings (SSSR count). The van der Waals surface area contributed by atoms with E-state index in [1.54, 1.807) is 11.6 Å². The standard InChI is InChI=1S/C12H19N3O3/c1-4-15-9(3)11(8(2)14-15)12(18)13-7-5-6-10(16)17/h4-7H2,1-3H3,(H,13,18)(H,16,17). The van der Waals surface area contributed by atoms with Crippen LogP contribution in [-0.4, -0.2) is 33.3 Å². The number of aromatic nitrogens is 2. The number of rotatable bonds is 6. The largest absolute Gasteiger partial charge is 0.481 e. The van der Waals surface area contributed by atoms with Gasteiger partial charge in [-0.2, -0.15) is 5.10 Å².